The molecule has 3 aliphatic carbocycles. The van der Waals surface area contributed by atoms with Crippen LogP contribution in [-0.2, 0) is 56.6 Å². The minimum atomic E-state index is -3.92. The third-order valence-corrected chi connectivity index (χ3v) is 12.8. The lowest BCUT2D eigenvalue weighted by Gasteiger charge is -2.29. The highest BCUT2D eigenvalue weighted by atomic mass is 32.2. The summed E-state index contributed by atoms with van der Waals surface area (Å²) in [7, 11) is -3.92. The molecule has 1 saturated heterocycles. The highest BCUT2D eigenvalue weighted by Gasteiger charge is 2.61. The Hall–Kier alpha value is -4.60. The zero-order valence-corrected chi connectivity index (χ0v) is 30.2. The third-order valence-electron chi connectivity index (χ3n) is 11.0. The Morgan fingerprint density at radius 2 is 1.75 bits per heavy atom. The summed E-state index contributed by atoms with van der Waals surface area (Å²) < 4.78 is 53.3. The highest BCUT2D eigenvalue weighted by molar-refractivity contribution is 7.90. The molecule has 4 amide bonds. The SMILES string of the molecule is C=CC(=O)NC[C@H](CC(=O)OC1CCCC1)C(=O)N1CC(OC(=O)N2Cc3cccc(F)c3C2)CC1C(=O)C[C@]1(C(=O)NS(=O)(=O)C2CC2)C[C@H]1C=C. The smallest absolute Gasteiger partial charge is 0.410 e. The zero-order valence-electron chi connectivity index (χ0n) is 29.4. The molecule has 0 radical (unpaired) electrons. The lowest BCUT2D eigenvalue weighted by atomic mass is 9.91. The minimum absolute atomic E-state index is 0.0307. The fourth-order valence-corrected chi connectivity index (χ4v) is 9.07. The molecule has 6 rings (SSSR count). The van der Waals surface area contributed by atoms with Crippen LogP contribution in [0.5, 0.6) is 0 Å². The lowest BCUT2D eigenvalue weighted by molar-refractivity contribution is -0.154. The van der Waals surface area contributed by atoms with E-state index in [2.05, 4.69) is 23.2 Å². The number of fused-ring (bicyclic) bond motifs is 1. The molecule has 4 fully saturated rings. The van der Waals surface area contributed by atoms with Gasteiger partial charge in [-0.2, -0.15) is 0 Å². The second-order valence-electron chi connectivity index (χ2n) is 14.7. The number of likely N-dealkylation sites (tertiary alicyclic amines) is 1. The molecule has 1 aromatic carbocycles. The topological polar surface area (TPSA) is 186 Å². The predicted octanol–water partition coefficient (Wildman–Crippen LogP) is 2.80. The van der Waals surface area contributed by atoms with E-state index in [1.807, 2.05) is 0 Å². The van der Waals surface area contributed by atoms with Gasteiger partial charge >= 0.3 is 12.1 Å². The Labute approximate surface area is 307 Å². The number of hydrogen-bond donors (Lipinski definition) is 2. The number of carbonyl (C=O) groups excluding carboxylic acids is 6. The van der Waals surface area contributed by atoms with E-state index in [4.69, 9.17) is 9.47 Å². The predicted molar refractivity (Wildman–Crippen MR) is 186 cm³/mol. The van der Waals surface area contributed by atoms with Crippen LogP contribution in [0.2, 0.25) is 0 Å². The summed E-state index contributed by atoms with van der Waals surface area (Å²) in [6.07, 6.45) is 3.70. The molecular weight excluding hydrogens is 711 g/mol. The quantitative estimate of drug-likeness (QED) is 0.153. The van der Waals surface area contributed by atoms with Gasteiger partial charge in [0.1, 0.15) is 18.0 Å². The highest BCUT2D eigenvalue weighted by Crippen LogP contribution is 2.57. The average Bonchev–Trinajstić information content (AvgIpc) is 3.92. The lowest BCUT2D eigenvalue weighted by Crippen LogP contribution is -2.48. The first-order valence-corrected chi connectivity index (χ1v) is 19.6. The summed E-state index contributed by atoms with van der Waals surface area (Å²) in [6, 6.07) is 3.32. The molecule has 16 heteroatoms. The molecule has 2 heterocycles. The zero-order chi connectivity index (χ0) is 38.1. The molecule has 2 aliphatic heterocycles. The number of rotatable bonds is 15. The van der Waals surface area contributed by atoms with Gasteiger partial charge in [-0.15, -0.1) is 6.58 Å². The molecule has 2 unspecified atom stereocenters. The number of sulfonamides is 1. The largest absolute Gasteiger partial charge is 0.462 e. The van der Waals surface area contributed by atoms with Crippen molar-refractivity contribution in [3.05, 3.63) is 60.5 Å². The molecule has 3 saturated carbocycles. The number of ether oxygens (including phenoxy) is 2. The van der Waals surface area contributed by atoms with Gasteiger partial charge in [-0.3, -0.25) is 33.6 Å². The van der Waals surface area contributed by atoms with Crippen molar-refractivity contribution >= 4 is 45.6 Å². The molecule has 0 bridgehead atoms. The Morgan fingerprint density at radius 3 is 2.40 bits per heavy atom. The summed E-state index contributed by atoms with van der Waals surface area (Å²) in [4.78, 5) is 83.0. The van der Waals surface area contributed by atoms with Crippen molar-refractivity contribution in [1.82, 2.24) is 19.8 Å². The van der Waals surface area contributed by atoms with Gasteiger partial charge in [0.15, 0.2) is 5.78 Å². The maximum atomic E-state index is 14.4. The number of amides is 4. The van der Waals surface area contributed by atoms with Gasteiger partial charge in [-0.1, -0.05) is 24.8 Å². The average molecular weight is 757 g/mol. The van der Waals surface area contributed by atoms with Gasteiger partial charge in [-0.25, -0.2) is 17.6 Å². The molecular formula is C37H45FN4O10S. The van der Waals surface area contributed by atoms with Gasteiger partial charge in [0.25, 0.3) is 0 Å². The first-order valence-electron chi connectivity index (χ1n) is 18.1. The van der Waals surface area contributed by atoms with Crippen LogP contribution in [0.25, 0.3) is 0 Å². The second kappa shape index (κ2) is 15.4. The molecule has 286 valence electrons. The number of ketones is 1. The number of nitrogens with one attached hydrogen (secondary N) is 2. The number of allylic oxidation sites excluding steroid dienone is 1. The van der Waals surface area contributed by atoms with Crippen molar-refractivity contribution in [3.8, 4) is 0 Å². The summed E-state index contributed by atoms with van der Waals surface area (Å²) >= 11 is 0. The van der Waals surface area contributed by atoms with Crippen LogP contribution in [0.1, 0.15) is 75.3 Å². The van der Waals surface area contributed by atoms with Gasteiger partial charge < -0.3 is 19.7 Å². The maximum absolute atomic E-state index is 14.4. The fourth-order valence-electron chi connectivity index (χ4n) is 7.69. The number of carbonyl (C=O) groups is 6. The van der Waals surface area contributed by atoms with Gasteiger partial charge in [-0.05, 0) is 68.6 Å². The van der Waals surface area contributed by atoms with E-state index >= 15 is 0 Å². The molecule has 53 heavy (non-hydrogen) atoms. The van der Waals surface area contributed by atoms with Crippen LogP contribution in [0.3, 0.4) is 0 Å². The summed E-state index contributed by atoms with van der Waals surface area (Å²) in [5.74, 6) is -5.43. The van der Waals surface area contributed by atoms with Crippen LogP contribution >= 0.6 is 0 Å². The van der Waals surface area contributed by atoms with Gasteiger partial charge in [0, 0.05) is 31.5 Å². The Bertz CT molecular complexity index is 1810. The molecule has 1 aromatic rings. The molecule has 5 atom stereocenters. The van der Waals surface area contributed by atoms with E-state index in [9.17, 15) is 41.6 Å². The number of hydrogen-bond acceptors (Lipinski definition) is 10. The normalized spacial score (nSPS) is 25.6. The van der Waals surface area contributed by atoms with Crippen molar-refractivity contribution in [1.29, 1.82) is 0 Å². The van der Waals surface area contributed by atoms with Crippen LogP contribution < -0.4 is 10.0 Å². The van der Waals surface area contributed by atoms with Crippen LogP contribution in [-0.4, -0.2) is 90.4 Å². The Morgan fingerprint density at radius 1 is 1.02 bits per heavy atom. The number of nitrogens with zero attached hydrogens (tertiary/aromatic N) is 2. The fraction of sp³-hybridized carbons (Fsp3) is 0.568. The number of benzene rings is 1. The molecule has 0 spiro atoms. The summed E-state index contributed by atoms with van der Waals surface area (Å²) in [5, 5.41) is 1.88. The van der Waals surface area contributed by atoms with Crippen molar-refractivity contribution < 1.29 is 51.0 Å². The van der Waals surface area contributed by atoms with Crippen molar-refractivity contribution in [2.75, 3.05) is 13.1 Å². The van der Waals surface area contributed by atoms with Crippen molar-refractivity contribution in [3.63, 3.8) is 0 Å². The van der Waals surface area contributed by atoms with Gasteiger partial charge in [0.05, 0.1) is 42.1 Å². The van der Waals surface area contributed by atoms with E-state index in [1.165, 1.54) is 21.9 Å². The van der Waals surface area contributed by atoms with E-state index < -0.39 is 98.9 Å². The maximum Gasteiger partial charge on any atom is 0.410 e. The van der Waals surface area contributed by atoms with E-state index in [0.29, 0.717) is 36.8 Å². The third kappa shape index (κ3) is 8.47. The Balaban J connectivity index is 1.22. The monoisotopic (exact) mass is 756 g/mol. The van der Waals surface area contributed by atoms with Crippen LogP contribution in [0.15, 0.2) is 43.5 Å². The van der Waals surface area contributed by atoms with Crippen LogP contribution in [0.4, 0.5) is 9.18 Å². The second-order valence-corrected chi connectivity index (χ2v) is 16.7. The number of Topliss-reactive ketones (excluding diaryl/α,β-unsaturated/α-hetero) is 1. The van der Waals surface area contributed by atoms with Crippen LogP contribution in [0, 0.1) is 23.1 Å². The Kier molecular flexibility index (Phi) is 11.1. The molecule has 0 aromatic heterocycles. The summed E-state index contributed by atoms with van der Waals surface area (Å²) in [5.41, 5.74) is -0.415. The van der Waals surface area contributed by atoms with Crippen molar-refractivity contribution in [2.24, 2.45) is 17.3 Å². The van der Waals surface area contributed by atoms with E-state index in [-0.39, 0.29) is 45.1 Å². The summed E-state index contributed by atoms with van der Waals surface area (Å²) in [6.45, 7) is 6.70. The molecule has 14 nitrogen and oxygen atoms in total. The van der Waals surface area contributed by atoms with Crippen molar-refractivity contribution in [2.45, 2.75) is 101 Å². The number of esters is 1. The number of halogens is 1. The van der Waals surface area contributed by atoms with Gasteiger partial charge in [0.2, 0.25) is 27.7 Å². The first kappa shape index (κ1) is 38.1. The molecule has 2 N–H and O–H groups in total. The first-order chi connectivity index (χ1) is 25.2. The molecule has 5 aliphatic rings. The minimum Gasteiger partial charge on any atom is -0.462 e. The standard InChI is InChI=1S/C37H45FN4O10S/c1-3-24-16-37(24,35(47)40-53(49,50)27-12-13-27)17-31(43)30-15-26(52-36(48)41-19-22-8-7-11-29(38)28(22)21-41)20-42(30)34(46)23(18-39-32(44)4-2)14-33(45)51-25-9-5-6-10-25/h3-4,7-8,11,23-27,30H,1-2,5-6,9-10,12-21H2,(H,39,44)(H,40,47)/t23-,24+,26?,30?,37+/m0/s1. The van der Waals surface area contributed by atoms with E-state index in [1.54, 1.807) is 12.1 Å². The van der Waals surface area contributed by atoms with E-state index in [0.717, 1.165) is 18.9 Å².